The molecule has 0 aromatic heterocycles. The largest absolute Gasteiger partial charge is 0.457 e. The number of carbonyl (C=O) groups excluding carboxylic acids is 1. The second kappa shape index (κ2) is 6.91. The van der Waals surface area contributed by atoms with Crippen molar-refractivity contribution in [2.75, 3.05) is 0 Å². The third kappa shape index (κ3) is 3.54. The number of para-hydroxylation sites is 1. The molecule has 0 aliphatic carbocycles. The molecule has 3 rings (SSSR count). The zero-order valence-corrected chi connectivity index (χ0v) is 12.1. The maximum Gasteiger partial charge on any atom is 0.128 e. The summed E-state index contributed by atoms with van der Waals surface area (Å²) in [6, 6.07) is 17.5. The van der Waals surface area contributed by atoms with E-state index in [2.05, 4.69) is 5.48 Å². The summed E-state index contributed by atoms with van der Waals surface area (Å²) in [6.45, 7) is 0. The number of carbonyl (C=O) groups is 1. The van der Waals surface area contributed by atoms with Crippen molar-refractivity contribution in [3.63, 3.8) is 0 Å². The van der Waals surface area contributed by atoms with E-state index in [1.54, 1.807) is 0 Å². The highest BCUT2D eigenvalue weighted by Crippen LogP contribution is 2.26. The van der Waals surface area contributed by atoms with Crippen molar-refractivity contribution in [1.82, 2.24) is 5.48 Å². The molecule has 22 heavy (non-hydrogen) atoms. The molecule has 1 aliphatic rings. The molecule has 4 nitrogen and oxygen atoms in total. The van der Waals surface area contributed by atoms with Gasteiger partial charge in [0, 0.05) is 12.0 Å². The lowest BCUT2D eigenvalue weighted by Gasteiger charge is -2.08. The predicted molar refractivity (Wildman–Crippen MR) is 84.2 cm³/mol. The van der Waals surface area contributed by atoms with E-state index in [4.69, 9.17) is 9.57 Å². The van der Waals surface area contributed by atoms with Gasteiger partial charge in [-0.15, -0.1) is 0 Å². The zero-order valence-electron chi connectivity index (χ0n) is 12.1. The monoisotopic (exact) mass is 295 g/mol. The van der Waals surface area contributed by atoms with Crippen LogP contribution in [0.2, 0.25) is 0 Å². The fourth-order valence-electron chi connectivity index (χ4n) is 2.27. The van der Waals surface area contributed by atoms with Crippen LogP contribution in [0.5, 0.6) is 11.5 Å². The van der Waals surface area contributed by atoms with E-state index < -0.39 is 0 Å². The molecule has 0 fully saturated rings. The van der Waals surface area contributed by atoms with E-state index in [0.29, 0.717) is 12.8 Å². The van der Waals surface area contributed by atoms with Crippen LogP contribution in [-0.4, -0.2) is 12.4 Å². The van der Waals surface area contributed by atoms with E-state index in [9.17, 15) is 4.79 Å². The van der Waals surface area contributed by atoms with Crippen LogP contribution in [0.1, 0.15) is 18.4 Å². The van der Waals surface area contributed by atoms with Gasteiger partial charge in [0.1, 0.15) is 23.9 Å². The van der Waals surface area contributed by atoms with Crippen molar-refractivity contribution in [2.24, 2.45) is 0 Å². The second-order valence-corrected chi connectivity index (χ2v) is 5.03. The van der Waals surface area contributed by atoms with Gasteiger partial charge in [0.2, 0.25) is 0 Å². The lowest BCUT2D eigenvalue weighted by atomic mass is 10.1. The van der Waals surface area contributed by atoms with Crippen LogP contribution in [0.15, 0.2) is 60.7 Å². The number of nitrogens with one attached hydrogen (secondary N) is 1. The number of hydrogen-bond donors (Lipinski definition) is 1. The Morgan fingerprint density at radius 2 is 1.91 bits per heavy atom. The normalized spacial score (nSPS) is 16.7. The number of hydrogen-bond acceptors (Lipinski definition) is 4. The van der Waals surface area contributed by atoms with Gasteiger partial charge in [0.15, 0.2) is 0 Å². The average Bonchev–Trinajstić information content (AvgIpc) is 3.03. The van der Waals surface area contributed by atoms with Gasteiger partial charge in [-0.1, -0.05) is 30.3 Å². The summed E-state index contributed by atoms with van der Waals surface area (Å²) in [4.78, 5) is 15.9. The predicted octanol–water partition coefficient (Wildman–Crippen LogP) is 3.70. The van der Waals surface area contributed by atoms with Crippen LogP contribution >= 0.6 is 0 Å². The number of benzene rings is 2. The Hall–Kier alpha value is -2.59. The molecule has 2 aromatic carbocycles. The van der Waals surface area contributed by atoms with Gasteiger partial charge in [0.05, 0.1) is 5.70 Å². The Balaban J connectivity index is 1.73. The summed E-state index contributed by atoms with van der Waals surface area (Å²) >= 11 is 0. The first-order valence-electron chi connectivity index (χ1n) is 7.25. The molecule has 0 saturated carbocycles. The van der Waals surface area contributed by atoms with Gasteiger partial charge < -0.3 is 9.53 Å². The van der Waals surface area contributed by atoms with E-state index in [1.165, 1.54) is 0 Å². The van der Waals surface area contributed by atoms with Crippen molar-refractivity contribution in [1.29, 1.82) is 0 Å². The fourth-order valence-corrected chi connectivity index (χ4v) is 2.27. The molecule has 0 saturated heterocycles. The summed E-state index contributed by atoms with van der Waals surface area (Å²) < 4.78 is 5.83. The molecule has 0 spiro atoms. The van der Waals surface area contributed by atoms with Crippen LogP contribution in [-0.2, 0) is 9.63 Å². The van der Waals surface area contributed by atoms with Crippen molar-refractivity contribution < 1.29 is 14.4 Å². The molecule has 1 unspecified atom stereocenters. The summed E-state index contributed by atoms with van der Waals surface area (Å²) in [7, 11) is 0. The van der Waals surface area contributed by atoms with E-state index in [0.717, 1.165) is 29.0 Å². The Bertz CT molecular complexity index is 667. The molecule has 1 N–H and O–H groups in total. The molecule has 4 heteroatoms. The van der Waals surface area contributed by atoms with Crippen LogP contribution in [0.25, 0.3) is 5.70 Å². The highest BCUT2D eigenvalue weighted by Gasteiger charge is 2.17. The van der Waals surface area contributed by atoms with E-state index in [1.807, 2.05) is 60.7 Å². The van der Waals surface area contributed by atoms with Crippen LogP contribution < -0.4 is 10.2 Å². The van der Waals surface area contributed by atoms with Gasteiger partial charge in [0.25, 0.3) is 0 Å². The highest BCUT2D eigenvalue weighted by atomic mass is 16.7. The standard InChI is InChI=1S/C18H17NO3/c20-11-5-10-17-13-18(19-22-17)14-6-4-9-16(12-14)21-15-7-2-1-3-8-15/h1-4,6-9,11-13,17,19H,5,10H2. The number of rotatable bonds is 6. The fraction of sp³-hybridized carbons (Fsp3) is 0.167. The maximum absolute atomic E-state index is 10.4. The van der Waals surface area contributed by atoms with Crippen LogP contribution in [0, 0.1) is 0 Å². The van der Waals surface area contributed by atoms with E-state index >= 15 is 0 Å². The molecular formula is C18H17NO3. The lowest BCUT2D eigenvalue weighted by Crippen LogP contribution is -2.12. The Morgan fingerprint density at radius 1 is 1.09 bits per heavy atom. The summed E-state index contributed by atoms with van der Waals surface area (Å²) in [6.07, 6.45) is 4.00. The molecule has 0 amide bonds. The van der Waals surface area contributed by atoms with Gasteiger partial charge in [-0.05, 0) is 36.8 Å². The van der Waals surface area contributed by atoms with Gasteiger partial charge in [-0.25, -0.2) is 0 Å². The minimum absolute atomic E-state index is 0.0705. The molecule has 0 radical (unpaired) electrons. The lowest BCUT2D eigenvalue weighted by molar-refractivity contribution is -0.108. The first kappa shape index (κ1) is 14.4. The van der Waals surface area contributed by atoms with E-state index in [-0.39, 0.29) is 6.10 Å². The first-order chi connectivity index (χ1) is 10.8. The van der Waals surface area contributed by atoms with Crippen LogP contribution in [0.4, 0.5) is 0 Å². The topological polar surface area (TPSA) is 47.6 Å². The van der Waals surface area contributed by atoms with Crippen molar-refractivity contribution in [3.05, 3.63) is 66.2 Å². The molecule has 112 valence electrons. The minimum Gasteiger partial charge on any atom is -0.457 e. The maximum atomic E-state index is 10.4. The molecule has 1 aliphatic heterocycles. The van der Waals surface area contributed by atoms with Gasteiger partial charge in [-0.3, -0.25) is 10.3 Å². The van der Waals surface area contributed by atoms with Crippen molar-refractivity contribution in [2.45, 2.75) is 18.9 Å². The number of hydroxylamine groups is 1. The molecule has 1 heterocycles. The van der Waals surface area contributed by atoms with Gasteiger partial charge >= 0.3 is 0 Å². The highest BCUT2D eigenvalue weighted by molar-refractivity contribution is 5.66. The summed E-state index contributed by atoms with van der Waals surface area (Å²) in [5, 5.41) is 0. The number of aldehydes is 1. The molecule has 2 aromatic rings. The molecule has 0 bridgehead atoms. The Kier molecular flexibility index (Phi) is 4.51. The Morgan fingerprint density at radius 3 is 2.73 bits per heavy atom. The molecular weight excluding hydrogens is 278 g/mol. The first-order valence-corrected chi connectivity index (χ1v) is 7.25. The summed E-state index contributed by atoms with van der Waals surface area (Å²) in [5.74, 6) is 1.57. The van der Waals surface area contributed by atoms with Crippen molar-refractivity contribution >= 4 is 12.0 Å². The third-order valence-corrected chi connectivity index (χ3v) is 3.37. The van der Waals surface area contributed by atoms with Gasteiger partial charge in [-0.2, -0.15) is 0 Å². The average molecular weight is 295 g/mol. The molecule has 1 atom stereocenters. The van der Waals surface area contributed by atoms with Crippen LogP contribution in [0.3, 0.4) is 0 Å². The van der Waals surface area contributed by atoms with Crippen molar-refractivity contribution in [3.8, 4) is 11.5 Å². The zero-order chi connectivity index (χ0) is 15.2. The minimum atomic E-state index is -0.0705. The number of ether oxygens (including phenoxy) is 1. The summed E-state index contributed by atoms with van der Waals surface area (Å²) in [5.41, 5.74) is 4.80. The second-order valence-electron chi connectivity index (χ2n) is 5.03. The quantitative estimate of drug-likeness (QED) is 0.825. The smallest absolute Gasteiger partial charge is 0.128 e. The third-order valence-electron chi connectivity index (χ3n) is 3.37. The Labute approximate surface area is 129 Å². The SMILES string of the molecule is O=CCCC1C=C(c2cccc(Oc3ccccc3)c2)NO1.